The number of aromatic nitrogens is 2. The maximum Gasteiger partial charge on any atom is 0.163 e. The molecule has 5 rings (SSSR count). The average molecular weight is 445 g/mol. The highest BCUT2D eigenvalue weighted by molar-refractivity contribution is 6.31. The lowest BCUT2D eigenvalue weighted by Crippen LogP contribution is -2.40. The fourth-order valence-corrected chi connectivity index (χ4v) is 3.95. The molecule has 0 saturated carbocycles. The Kier molecular flexibility index (Phi) is 5.76. The molecule has 1 aromatic heterocycles. The van der Waals surface area contributed by atoms with Gasteiger partial charge in [-0.25, -0.2) is 14.4 Å². The Morgan fingerprint density at radius 1 is 1.13 bits per heavy atom. The van der Waals surface area contributed by atoms with Gasteiger partial charge in [-0.3, -0.25) is 4.90 Å². The maximum atomic E-state index is 13.5. The van der Waals surface area contributed by atoms with Crippen LogP contribution in [0.1, 0.15) is 6.42 Å². The Balaban J connectivity index is 1.35. The zero-order valence-electron chi connectivity index (χ0n) is 16.8. The Labute approximate surface area is 184 Å². The fourth-order valence-electron chi connectivity index (χ4n) is 3.77. The molecule has 1 atom stereocenters. The van der Waals surface area contributed by atoms with E-state index in [1.165, 1.54) is 18.5 Å². The van der Waals surface area contributed by atoms with Crippen LogP contribution in [0.15, 0.2) is 36.7 Å². The number of morpholine rings is 1. The van der Waals surface area contributed by atoms with Crippen LogP contribution in [0.3, 0.4) is 0 Å². The Morgan fingerprint density at radius 2 is 2.00 bits per heavy atom. The predicted octanol–water partition coefficient (Wildman–Crippen LogP) is 4.03. The number of rotatable bonds is 5. The monoisotopic (exact) mass is 444 g/mol. The molecular weight excluding hydrogens is 423 g/mol. The summed E-state index contributed by atoms with van der Waals surface area (Å²) in [5.74, 6) is 1.45. The summed E-state index contributed by atoms with van der Waals surface area (Å²) in [7, 11) is 0. The van der Waals surface area contributed by atoms with Crippen molar-refractivity contribution >= 4 is 34.0 Å². The summed E-state index contributed by atoms with van der Waals surface area (Å²) in [6, 6.07) is 8.18. The van der Waals surface area contributed by atoms with Gasteiger partial charge in [0, 0.05) is 43.2 Å². The van der Waals surface area contributed by atoms with Crippen molar-refractivity contribution in [2.24, 2.45) is 0 Å². The van der Waals surface area contributed by atoms with Crippen LogP contribution >= 0.6 is 11.6 Å². The second-order valence-electron chi connectivity index (χ2n) is 7.59. The van der Waals surface area contributed by atoms with Gasteiger partial charge < -0.3 is 19.5 Å². The summed E-state index contributed by atoms with van der Waals surface area (Å²) >= 11 is 5.90. The third kappa shape index (κ3) is 4.51. The van der Waals surface area contributed by atoms with Gasteiger partial charge in [0.15, 0.2) is 11.5 Å². The third-order valence-electron chi connectivity index (χ3n) is 5.47. The van der Waals surface area contributed by atoms with Crippen molar-refractivity contribution in [3.63, 3.8) is 0 Å². The standard InChI is InChI=1S/C22H22ClFN4O3/c23-17-9-14(1-2-18(17)24)27-22-16-10-21-20(11-19(16)25-13-26-22)30-12-15(31-21)3-4-28-5-7-29-8-6-28/h1-2,9-11,13,15H,3-8,12H2,(H,25,26,27). The van der Waals surface area contributed by atoms with Gasteiger partial charge in [0.25, 0.3) is 0 Å². The molecule has 1 N–H and O–H groups in total. The van der Waals surface area contributed by atoms with Crippen molar-refractivity contribution < 1.29 is 18.6 Å². The third-order valence-corrected chi connectivity index (χ3v) is 5.76. The van der Waals surface area contributed by atoms with Gasteiger partial charge in [0.05, 0.1) is 23.8 Å². The van der Waals surface area contributed by atoms with Crippen LogP contribution in [-0.4, -0.2) is 60.4 Å². The summed E-state index contributed by atoms with van der Waals surface area (Å²) in [4.78, 5) is 11.1. The summed E-state index contributed by atoms with van der Waals surface area (Å²) in [6.07, 6.45) is 2.32. The summed E-state index contributed by atoms with van der Waals surface area (Å²) in [5.41, 5.74) is 1.35. The van der Waals surface area contributed by atoms with Crippen molar-refractivity contribution in [1.82, 2.24) is 14.9 Å². The van der Waals surface area contributed by atoms with Crippen molar-refractivity contribution in [2.75, 3.05) is 44.8 Å². The van der Waals surface area contributed by atoms with E-state index in [1.807, 2.05) is 12.1 Å². The minimum absolute atomic E-state index is 0.0234. The van der Waals surface area contributed by atoms with Crippen molar-refractivity contribution in [3.05, 3.63) is 47.5 Å². The quantitative estimate of drug-likeness (QED) is 0.637. The van der Waals surface area contributed by atoms with E-state index in [4.69, 9.17) is 25.8 Å². The molecule has 0 bridgehead atoms. The predicted molar refractivity (Wildman–Crippen MR) is 116 cm³/mol. The second kappa shape index (κ2) is 8.82. The molecule has 3 heterocycles. The molecular formula is C22H22ClFN4O3. The van der Waals surface area contributed by atoms with E-state index >= 15 is 0 Å². The number of hydrogen-bond acceptors (Lipinski definition) is 7. The van der Waals surface area contributed by atoms with Gasteiger partial charge in [-0.15, -0.1) is 0 Å². The summed E-state index contributed by atoms with van der Waals surface area (Å²) in [5, 5.41) is 4.00. The highest BCUT2D eigenvalue weighted by atomic mass is 35.5. The normalized spacial score (nSPS) is 18.8. The molecule has 1 saturated heterocycles. The zero-order chi connectivity index (χ0) is 21.2. The molecule has 1 fully saturated rings. The van der Waals surface area contributed by atoms with Gasteiger partial charge in [-0.1, -0.05) is 11.6 Å². The number of anilines is 2. The number of ether oxygens (including phenoxy) is 3. The molecule has 2 aromatic carbocycles. The maximum absolute atomic E-state index is 13.5. The SMILES string of the molecule is Fc1ccc(Nc2ncnc3cc4c(cc23)OC(CCN2CCOCC2)CO4)cc1Cl. The van der Waals surface area contributed by atoms with E-state index in [1.54, 1.807) is 6.07 Å². The summed E-state index contributed by atoms with van der Waals surface area (Å²) < 4.78 is 31.1. The molecule has 0 spiro atoms. The van der Waals surface area contributed by atoms with Crippen LogP contribution in [0.5, 0.6) is 11.5 Å². The first kappa shape index (κ1) is 20.2. The molecule has 2 aliphatic rings. The molecule has 7 nitrogen and oxygen atoms in total. The highest BCUT2D eigenvalue weighted by Gasteiger charge is 2.24. The number of hydrogen-bond donors (Lipinski definition) is 1. The lowest BCUT2D eigenvalue weighted by molar-refractivity contribution is 0.0242. The summed E-state index contributed by atoms with van der Waals surface area (Å²) in [6.45, 7) is 4.93. The molecule has 162 valence electrons. The van der Waals surface area contributed by atoms with Crippen molar-refractivity contribution in [1.29, 1.82) is 0 Å². The van der Waals surface area contributed by atoms with E-state index in [2.05, 4.69) is 20.2 Å². The van der Waals surface area contributed by atoms with Crippen molar-refractivity contribution in [2.45, 2.75) is 12.5 Å². The number of halogens is 2. The lowest BCUT2D eigenvalue weighted by Gasteiger charge is -2.31. The van der Waals surface area contributed by atoms with Crippen LogP contribution in [0, 0.1) is 5.82 Å². The lowest BCUT2D eigenvalue weighted by atomic mass is 10.1. The molecule has 0 aliphatic carbocycles. The molecule has 1 unspecified atom stereocenters. The van der Waals surface area contributed by atoms with Crippen LogP contribution < -0.4 is 14.8 Å². The minimum atomic E-state index is -0.470. The van der Waals surface area contributed by atoms with Gasteiger partial charge >= 0.3 is 0 Å². The van der Waals surface area contributed by atoms with E-state index in [0.29, 0.717) is 29.6 Å². The van der Waals surface area contributed by atoms with E-state index < -0.39 is 5.82 Å². The molecule has 3 aromatic rings. The zero-order valence-corrected chi connectivity index (χ0v) is 17.6. The Bertz CT molecular complexity index is 1090. The number of nitrogens with zero attached hydrogens (tertiary/aromatic N) is 3. The van der Waals surface area contributed by atoms with Gasteiger partial charge in [-0.2, -0.15) is 0 Å². The molecule has 9 heteroatoms. The highest BCUT2D eigenvalue weighted by Crippen LogP contribution is 2.38. The molecule has 31 heavy (non-hydrogen) atoms. The second-order valence-corrected chi connectivity index (χ2v) is 7.99. The minimum Gasteiger partial charge on any atom is -0.486 e. The Hall–Kier alpha value is -2.68. The first-order valence-corrected chi connectivity index (χ1v) is 10.6. The van der Waals surface area contributed by atoms with Gasteiger partial charge in [-0.05, 0) is 24.3 Å². The molecule has 2 aliphatic heterocycles. The smallest absolute Gasteiger partial charge is 0.163 e. The van der Waals surface area contributed by atoms with E-state index in [0.717, 1.165) is 50.2 Å². The molecule has 0 amide bonds. The first-order valence-electron chi connectivity index (χ1n) is 10.3. The van der Waals surface area contributed by atoms with E-state index in [9.17, 15) is 4.39 Å². The number of fused-ring (bicyclic) bond motifs is 2. The fraction of sp³-hybridized carbons (Fsp3) is 0.364. The number of nitrogens with one attached hydrogen (secondary N) is 1. The van der Waals surface area contributed by atoms with Crippen LogP contribution in [0.2, 0.25) is 5.02 Å². The average Bonchev–Trinajstić information content (AvgIpc) is 2.80. The van der Waals surface area contributed by atoms with Crippen molar-refractivity contribution in [3.8, 4) is 11.5 Å². The first-order chi connectivity index (χ1) is 15.2. The topological polar surface area (TPSA) is 68.7 Å². The largest absolute Gasteiger partial charge is 0.486 e. The van der Waals surface area contributed by atoms with E-state index in [-0.39, 0.29) is 11.1 Å². The van der Waals surface area contributed by atoms with Crippen LogP contribution in [0.25, 0.3) is 10.9 Å². The molecule has 0 radical (unpaired) electrons. The van der Waals surface area contributed by atoms with Gasteiger partial charge in [0.2, 0.25) is 0 Å². The Morgan fingerprint density at radius 3 is 2.84 bits per heavy atom. The van der Waals surface area contributed by atoms with Crippen LogP contribution in [0.4, 0.5) is 15.9 Å². The van der Waals surface area contributed by atoms with Gasteiger partial charge in [0.1, 0.15) is 30.7 Å². The number of benzene rings is 2. The van der Waals surface area contributed by atoms with Crippen LogP contribution in [-0.2, 0) is 4.74 Å².